The molecule has 2 rings (SSSR count). The summed E-state index contributed by atoms with van der Waals surface area (Å²) in [5.41, 5.74) is 0. The molecule has 7 nitrogen and oxygen atoms in total. The van der Waals surface area contributed by atoms with Gasteiger partial charge in [-0.1, -0.05) is 0 Å². The third-order valence-corrected chi connectivity index (χ3v) is 4.72. The van der Waals surface area contributed by atoms with Crippen LogP contribution in [0.3, 0.4) is 0 Å². The lowest BCUT2D eigenvalue weighted by atomic mass is 10.2. The minimum absolute atomic E-state index is 0. The Balaban J connectivity index is 0.00000312. The van der Waals surface area contributed by atoms with Crippen molar-refractivity contribution in [3.05, 3.63) is 16.6 Å². The molecule has 0 bridgehead atoms. The molecule has 1 aromatic heterocycles. The number of guanidine groups is 1. The summed E-state index contributed by atoms with van der Waals surface area (Å²) in [4.78, 5) is 24.2. The van der Waals surface area contributed by atoms with Gasteiger partial charge in [0.25, 0.3) is 0 Å². The molecule has 0 aromatic carbocycles. The molecule has 0 spiro atoms. The fourth-order valence-electron chi connectivity index (χ4n) is 2.35. The smallest absolute Gasteiger partial charge is 0.243 e. The second-order valence-electron chi connectivity index (χ2n) is 6.04. The normalized spacial score (nSPS) is 17.1. The van der Waals surface area contributed by atoms with Gasteiger partial charge in [0.1, 0.15) is 6.54 Å². The van der Waals surface area contributed by atoms with Crippen molar-refractivity contribution in [1.29, 1.82) is 0 Å². The maximum Gasteiger partial charge on any atom is 0.243 e. The van der Waals surface area contributed by atoms with Gasteiger partial charge in [0.2, 0.25) is 5.91 Å². The Morgan fingerprint density at radius 1 is 1.48 bits per heavy atom. The standard InChI is InChI=1S/C16H27N5O2S.HI/c1-20(2)15(22)12-19-16(18-11-13-5-4-9-23-13)21(3)8-6-14-17-7-10-24-14;/h7,10,13H,4-6,8-9,11-12H2,1-3H3,(H,18,19);1H. The number of carbonyl (C=O) groups excluding carboxylic acids is 1. The van der Waals surface area contributed by atoms with Crippen molar-refractivity contribution in [2.45, 2.75) is 25.4 Å². The molecular weight excluding hydrogens is 453 g/mol. The van der Waals surface area contributed by atoms with Crippen molar-refractivity contribution >= 4 is 47.2 Å². The number of nitrogens with one attached hydrogen (secondary N) is 1. The van der Waals surface area contributed by atoms with E-state index in [0.717, 1.165) is 49.9 Å². The lowest BCUT2D eigenvalue weighted by Crippen LogP contribution is -2.43. The molecule has 0 saturated carbocycles. The van der Waals surface area contributed by atoms with Crippen LogP contribution in [-0.2, 0) is 16.0 Å². The lowest BCUT2D eigenvalue weighted by molar-refractivity contribution is -0.127. The topological polar surface area (TPSA) is 70.1 Å². The van der Waals surface area contributed by atoms with E-state index in [1.165, 1.54) is 0 Å². The first-order chi connectivity index (χ1) is 11.6. The third kappa shape index (κ3) is 7.87. The summed E-state index contributed by atoms with van der Waals surface area (Å²) in [5, 5.41) is 6.43. The van der Waals surface area contributed by atoms with Gasteiger partial charge in [-0.25, -0.2) is 9.98 Å². The van der Waals surface area contributed by atoms with Gasteiger partial charge < -0.3 is 19.9 Å². The SMILES string of the molecule is CN(C)C(=O)CN=C(NCC1CCCO1)N(C)CCc1nccs1.I. The second kappa shape index (κ2) is 11.6. The Morgan fingerprint density at radius 2 is 2.28 bits per heavy atom. The summed E-state index contributed by atoms with van der Waals surface area (Å²) >= 11 is 1.65. The quantitative estimate of drug-likeness (QED) is 0.363. The van der Waals surface area contributed by atoms with Crippen molar-refractivity contribution in [1.82, 2.24) is 20.1 Å². The Kier molecular flexibility index (Phi) is 10.3. The Bertz CT molecular complexity index is 533. The van der Waals surface area contributed by atoms with Crippen molar-refractivity contribution in [3.63, 3.8) is 0 Å². The van der Waals surface area contributed by atoms with Crippen LogP contribution < -0.4 is 5.32 Å². The van der Waals surface area contributed by atoms with Crippen LogP contribution in [0, 0.1) is 0 Å². The van der Waals surface area contributed by atoms with Crippen LogP contribution in [0.4, 0.5) is 0 Å². The van der Waals surface area contributed by atoms with Crippen molar-refractivity contribution in [3.8, 4) is 0 Å². The Hall–Kier alpha value is -0.940. The van der Waals surface area contributed by atoms with Crippen LogP contribution in [0.15, 0.2) is 16.6 Å². The molecule has 1 atom stereocenters. The molecule has 2 heterocycles. The molecule has 142 valence electrons. The average molecular weight is 481 g/mol. The van der Waals surface area contributed by atoms with Gasteiger partial charge >= 0.3 is 0 Å². The van der Waals surface area contributed by atoms with Crippen LogP contribution in [0.25, 0.3) is 0 Å². The summed E-state index contributed by atoms with van der Waals surface area (Å²) in [5.74, 6) is 0.719. The zero-order chi connectivity index (χ0) is 17.4. The first-order valence-electron chi connectivity index (χ1n) is 8.26. The van der Waals surface area contributed by atoms with Gasteiger partial charge in [0.15, 0.2) is 5.96 Å². The van der Waals surface area contributed by atoms with E-state index in [4.69, 9.17) is 4.74 Å². The van der Waals surface area contributed by atoms with Crippen molar-refractivity contribution < 1.29 is 9.53 Å². The first-order valence-corrected chi connectivity index (χ1v) is 9.14. The summed E-state index contributed by atoms with van der Waals surface area (Å²) in [6, 6.07) is 0. The molecule has 1 aromatic rings. The number of hydrogen-bond acceptors (Lipinski definition) is 5. The van der Waals surface area contributed by atoms with Crippen LogP contribution in [-0.4, -0.2) is 80.1 Å². The highest BCUT2D eigenvalue weighted by Gasteiger charge is 2.17. The van der Waals surface area contributed by atoms with E-state index in [1.54, 1.807) is 30.3 Å². The summed E-state index contributed by atoms with van der Waals surface area (Å²) in [7, 11) is 5.46. The van der Waals surface area contributed by atoms with Crippen LogP contribution >= 0.6 is 35.3 Å². The maximum absolute atomic E-state index is 11.8. The number of rotatable bonds is 7. The predicted octanol–water partition coefficient (Wildman–Crippen LogP) is 1.45. The minimum Gasteiger partial charge on any atom is -0.376 e. The number of halogens is 1. The van der Waals surface area contributed by atoms with E-state index in [0.29, 0.717) is 0 Å². The van der Waals surface area contributed by atoms with E-state index in [-0.39, 0.29) is 42.5 Å². The largest absolute Gasteiger partial charge is 0.376 e. The molecular formula is C16H28IN5O2S. The average Bonchev–Trinajstić information content (AvgIpc) is 3.25. The van der Waals surface area contributed by atoms with E-state index < -0.39 is 0 Å². The molecule has 0 radical (unpaired) electrons. The zero-order valence-corrected chi connectivity index (χ0v) is 18.3. The summed E-state index contributed by atoms with van der Waals surface area (Å²) < 4.78 is 5.65. The van der Waals surface area contributed by atoms with Crippen molar-refractivity contribution in [2.75, 3.05) is 47.4 Å². The summed E-state index contributed by atoms with van der Waals surface area (Å²) in [6.07, 6.45) is 5.08. The fraction of sp³-hybridized carbons (Fsp3) is 0.688. The highest BCUT2D eigenvalue weighted by atomic mass is 127. The molecule has 1 unspecified atom stereocenters. The monoisotopic (exact) mass is 481 g/mol. The van der Waals surface area contributed by atoms with Gasteiger partial charge in [-0.3, -0.25) is 4.79 Å². The third-order valence-electron chi connectivity index (χ3n) is 3.88. The van der Waals surface area contributed by atoms with Crippen molar-refractivity contribution in [2.24, 2.45) is 4.99 Å². The molecule has 1 amide bonds. The maximum atomic E-state index is 11.8. The van der Waals surface area contributed by atoms with Gasteiger partial charge in [-0.15, -0.1) is 35.3 Å². The van der Waals surface area contributed by atoms with Gasteiger partial charge in [-0.05, 0) is 12.8 Å². The molecule has 1 aliphatic rings. The van der Waals surface area contributed by atoms with Gasteiger partial charge in [0.05, 0.1) is 11.1 Å². The number of nitrogens with zero attached hydrogens (tertiary/aromatic N) is 4. The predicted molar refractivity (Wildman–Crippen MR) is 112 cm³/mol. The number of hydrogen-bond donors (Lipinski definition) is 1. The van der Waals surface area contributed by atoms with Gasteiger partial charge in [0, 0.05) is 58.8 Å². The second-order valence-corrected chi connectivity index (χ2v) is 7.02. The molecule has 1 saturated heterocycles. The van der Waals surface area contributed by atoms with Gasteiger partial charge in [-0.2, -0.15) is 0 Å². The lowest BCUT2D eigenvalue weighted by Gasteiger charge is -2.23. The minimum atomic E-state index is -0.0141. The van der Waals surface area contributed by atoms with Crippen LogP contribution in [0.2, 0.25) is 0 Å². The number of aromatic nitrogens is 1. The van der Waals surface area contributed by atoms with Crippen LogP contribution in [0.5, 0.6) is 0 Å². The highest BCUT2D eigenvalue weighted by molar-refractivity contribution is 14.0. The Morgan fingerprint density at radius 3 is 2.88 bits per heavy atom. The molecule has 1 fully saturated rings. The molecule has 25 heavy (non-hydrogen) atoms. The molecule has 1 aliphatic heterocycles. The molecule has 0 aliphatic carbocycles. The van der Waals surface area contributed by atoms with E-state index >= 15 is 0 Å². The fourth-order valence-corrected chi connectivity index (χ4v) is 2.96. The number of amides is 1. The summed E-state index contributed by atoms with van der Waals surface area (Å²) in [6.45, 7) is 2.48. The van der Waals surface area contributed by atoms with Crippen LogP contribution in [0.1, 0.15) is 17.8 Å². The number of likely N-dealkylation sites (N-methyl/N-ethyl adjacent to an activating group) is 2. The highest BCUT2D eigenvalue weighted by Crippen LogP contribution is 2.11. The number of carbonyl (C=O) groups is 1. The first kappa shape index (κ1) is 22.1. The number of aliphatic imine (C=N–C) groups is 1. The number of ether oxygens (including phenoxy) is 1. The van der Waals surface area contributed by atoms with E-state index in [2.05, 4.69) is 15.3 Å². The van der Waals surface area contributed by atoms with E-state index in [9.17, 15) is 4.79 Å². The van der Waals surface area contributed by atoms with E-state index in [1.807, 2.05) is 23.5 Å². The molecule has 9 heteroatoms. The number of thiazole rings is 1. The zero-order valence-electron chi connectivity index (χ0n) is 15.1. The molecule has 1 N–H and O–H groups in total. The Labute approximate surface area is 170 Å².